The second-order valence-electron chi connectivity index (χ2n) is 3.74. The van der Waals surface area contributed by atoms with E-state index >= 15 is 0 Å². The number of nitrogens with one attached hydrogen (secondary N) is 1. The summed E-state index contributed by atoms with van der Waals surface area (Å²) in [7, 11) is 0. The third-order valence-electron chi connectivity index (χ3n) is 1.96. The van der Waals surface area contributed by atoms with E-state index in [1.54, 1.807) is 20.8 Å². The Hall–Kier alpha value is -0.850. The molecule has 98 valence electrons. The van der Waals surface area contributed by atoms with Gasteiger partial charge in [0.25, 0.3) is 0 Å². The SMILES string of the molecule is CCOC(=O)[C@@H]1O[C@H](OC(C)C)NC(=O)[C@@H]1Cl. The van der Waals surface area contributed by atoms with E-state index in [9.17, 15) is 9.59 Å². The van der Waals surface area contributed by atoms with Crippen LogP contribution in [0.3, 0.4) is 0 Å². The zero-order valence-corrected chi connectivity index (χ0v) is 10.7. The van der Waals surface area contributed by atoms with Crippen molar-refractivity contribution < 1.29 is 23.8 Å². The average Bonchev–Trinajstić information content (AvgIpc) is 2.22. The van der Waals surface area contributed by atoms with Crippen molar-refractivity contribution in [2.45, 2.75) is 44.8 Å². The van der Waals surface area contributed by atoms with Gasteiger partial charge in [-0.1, -0.05) is 0 Å². The van der Waals surface area contributed by atoms with E-state index in [2.05, 4.69) is 5.32 Å². The van der Waals surface area contributed by atoms with E-state index in [4.69, 9.17) is 25.8 Å². The molecule has 1 rings (SSSR count). The molecule has 0 spiro atoms. The summed E-state index contributed by atoms with van der Waals surface area (Å²) in [5.74, 6) is -1.18. The first-order valence-electron chi connectivity index (χ1n) is 5.37. The molecule has 0 radical (unpaired) electrons. The molecular formula is C10H16ClNO5. The first-order chi connectivity index (χ1) is 7.95. The molecular weight excluding hydrogens is 250 g/mol. The largest absolute Gasteiger partial charge is 0.464 e. The van der Waals surface area contributed by atoms with Gasteiger partial charge < -0.3 is 19.5 Å². The molecule has 6 nitrogen and oxygen atoms in total. The molecule has 1 N–H and O–H groups in total. The van der Waals surface area contributed by atoms with Crippen LogP contribution >= 0.6 is 11.6 Å². The van der Waals surface area contributed by atoms with E-state index in [1.807, 2.05) is 0 Å². The highest BCUT2D eigenvalue weighted by Crippen LogP contribution is 2.17. The van der Waals surface area contributed by atoms with Gasteiger partial charge in [-0.05, 0) is 20.8 Å². The van der Waals surface area contributed by atoms with Crippen molar-refractivity contribution in [1.29, 1.82) is 0 Å². The molecule has 0 saturated carbocycles. The molecule has 0 aromatic carbocycles. The number of carbonyl (C=O) groups is 2. The summed E-state index contributed by atoms with van der Waals surface area (Å²) in [6.07, 6.45) is -2.28. The van der Waals surface area contributed by atoms with Crippen molar-refractivity contribution in [3.05, 3.63) is 0 Å². The van der Waals surface area contributed by atoms with Crippen LogP contribution in [-0.4, -0.2) is 42.5 Å². The summed E-state index contributed by atoms with van der Waals surface area (Å²) in [5, 5.41) is 1.29. The number of hydrogen-bond donors (Lipinski definition) is 1. The Bertz CT molecular complexity index is 296. The first-order valence-corrected chi connectivity index (χ1v) is 5.81. The monoisotopic (exact) mass is 265 g/mol. The quantitative estimate of drug-likeness (QED) is 0.588. The van der Waals surface area contributed by atoms with E-state index in [1.165, 1.54) is 0 Å². The molecule has 1 amide bonds. The number of alkyl halides is 1. The number of halogens is 1. The lowest BCUT2D eigenvalue weighted by Gasteiger charge is -2.32. The Morgan fingerprint density at radius 1 is 1.59 bits per heavy atom. The highest BCUT2D eigenvalue weighted by molar-refractivity contribution is 6.32. The Morgan fingerprint density at radius 3 is 2.76 bits per heavy atom. The Kier molecular flexibility index (Phi) is 5.17. The van der Waals surface area contributed by atoms with Crippen molar-refractivity contribution in [1.82, 2.24) is 5.32 Å². The fourth-order valence-corrected chi connectivity index (χ4v) is 1.51. The smallest absolute Gasteiger partial charge is 0.337 e. The van der Waals surface area contributed by atoms with Gasteiger partial charge in [0.15, 0.2) is 6.10 Å². The molecule has 0 aromatic rings. The number of esters is 1. The molecule has 7 heteroatoms. The Labute approximate surface area is 105 Å². The maximum Gasteiger partial charge on any atom is 0.337 e. The molecule has 17 heavy (non-hydrogen) atoms. The van der Waals surface area contributed by atoms with Crippen LogP contribution in [-0.2, 0) is 23.8 Å². The standard InChI is InChI=1S/C10H16ClNO5/c1-4-15-9(14)7-6(11)8(13)12-10(17-7)16-5(2)3/h5-7,10H,4H2,1-3H3,(H,12,13)/t6-,7-,10+/m1/s1. The van der Waals surface area contributed by atoms with Gasteiger partial charge in [0.1, 0.15) is 5.38 Å². The van der Waals surface area contributed by atoms with Gasteiger partial charge in [0.05, 0.1) is 12.7 Å². The Balaban J connectivity index is 2.67. The van der Waals surface area contributed by atoms with E-state index in [-0.39, 0.29) is 12.7 Å². The normalized spacial score (nSPS) is 29.0. The van der Waals surface area contributed by atoms with Gasteiger partial charge in [-0.25, -0.2) is 4.79 Å². The maximum atomic E-state index is 11.5. The van der Waals surface area contributed by atoms with Crippen LogP contribution in [0.5, 0.6) is 0 Å². The van der Waals surface area contributed by atoms with Crippen molar-refractivity contribution >= 4 is 23.5 Å². The molecule has 1 aliphatic rings. The van der Waals surface area contributed by atoms with E-state index in [0.717, 1.165) is 0 Å². The van der Waals surface area contributed by atoms with Crippen LogP contribution in [0.15, 0.2) is 0 Å². The van der Waals surface area contributed by atoms with Crippen molar-refractivity contribution in [2.75, 3.05) is 6.61 Å². The van der Waals surface area contributed by atoms with E-state index < -0.39 is 29.8 Å². The lowest BCUT2D eigenvalue weighted by Crippen LogP contribution is -2.57. The summed E-state index contributed by atoms with van der Waals surface area (Å²) < 4.78 is 15.3. The molecule has 1 aliphatic heterocycles. The second kappa shape index (κ2) is 6.18. The zero-order valence-electron chi connectivity index (χ0n) is 9.94. The highest BCUT2D eigenvalue weighted by atomic mass is 35.5. The fraction of sp³-hybridized carbons (Fsp3) is 0.800. The van der Waals surface area contributed by atoms with Gasteiger partial charge in [0, 0.05) is 0 Å². The van der Waals surface area contributed by atoms with E-state index in [0.29, 0.717) is 0 Å². The van der Waals surface area contributed by atoms with Crippen LogP contribution in [0.25, 0.3) is 0 Å². The molecule has 1 fully saturated rings. The number of rotatable bonds is 4. The molecule has 0 aliphatic carbocycles. The molecule has 1 heterocycles. The summed E-state index contributed by atoms with van der Waals surface area (Å²) in [6, 6.07) is 0. The Morgan fingerprint density at radius 2 is 2.24 bits per heavy atom. The summed E-state index contributed by atoms with van der Waals surface area (Å²) in [5.41, 5.74) is 0. The minimum atomic E-state index is -1.14. The van der Waals surface area contributed by atoms with Crippen molar-refractivity contribution in [3.8, 4) is 0 Å². The molecule has 0 unspecified atom stereocenters. The van der Waals surface area contributed by atoms with Crippen molar-refractivity contribution in [2.24, 2.45) is 0 Å². The van der Waals surface area contributed by atoms with Gasteiger partial charge in [-0.2, -0.15) is 0 Å². The number of hydrogen-bond acceptors (Lipinski definition) is 5. The number of amides is 1. The van der Waals surface area contributed by atoms with Crippen LogP contribution in [0, 0.1) is 0 Å². The summed E-state index contributed by atoms with van der Waals surface area (Å²) in [4.78, 5) is 23.0. The van der Waals surface area contributed by atoms with Gasteiger partial charge in [0.2, 0.25) is 12.3 Å². The van der Waals surface area contributed by atoms with Gasteiger partial charge in [-0.3, -0.25) is 4.79 Å². The molecule has 1 saturated heterocycles. The van der Waals surface area contributed by atoms with Crippen molar-refractivity contribution in [3.63, 3.8) is 0 Å². The van der Waals surface area contributed by atoms with Crippen LogP contribution in [0.4, 0.5) is 0 Å². The molecule has 3 atom stereocenters. The minimum Gasteiger partial charge on any atom is -0.464 e. The highest BCUT2D eigenvalue weighted by Gasteiger charge is 2.42. The third-order valence-corrected chi connectivity index (χ3v) is 2.39. The fourth-order valence-electron chi connectivity index (χ4n) is 1.28. The maximum absolute atomic E-state index is 11.5. The number of ether oxygens (including phenoxy) is 3. The van der Waals surface area contributed by atoms with Gasteiger partial charge in [-0.15, -0.1) is 11.6 Å². The lowest BCUT2D eigenvalue weighted by atomic mass is 10.2. The predicted molar refractivity (Wildman–Crippen MR) is 59.3 cm³/mol. The summed E-state index contributed by atoms with van der Waals surface area (Å²) >= 11 is 5.77. The first kappa shape index (κ1) is 14.2. The minimum absolute atomic E-state index is 0.157. The molecule has 0 bridgehead atoms. The molecule has 0 aromatic heterocycles. The topological polar surface area (TPSA) is 73.9 Å². The van der Waals surface area contributed by atoms with Crippen LogP contribution < -0.4 is 5.32 Å². The lowest BCUT2D eigenvalue weighted by molar-refractivity contribution is -0.226. The third kappa shape index (κ3) is 3.83. The summed E-state index contributed by atoms with van der Waals surface area (Å²) in [6.45, 7) is 5.41. The predicted octanol–water partition coefficient (Wildman–Crippen LogP) is 0.380. The van der Waals surface area contributed by atoms with Crippen LogP contribution in [0.1, 0.15) is 20.8 Å². The van der Waals surface area contributed by atoms with Crippen LogP contribution in [0.2, 0.25) is 0 Å². The average molecular weight is 266 g/mol. The zero-order chi connectivity index (χ0) is 13.0. The second-order valence-corrected chi connectivity index (χ2v) is 4.21. The number of carbonyl (C=O) groups excluding carboxylic acids is 2. The van der Waals surface area contributed by atoms with Gasteiger partial charge >= 0.3 is 5.97 Å².